The lowest BCUT2D eigenvalue weighted by atomic mass is 9.69. The molecule has 0 bridgehead atoms. The van der Waals surface area contributed by atoms with Crippen LogP contribution in [0.3, 0.4) is 0 Å². The van der Waals surface area contributed by atoms with Crippen LogP contribution in [0.15, 0.2) is 18.2 Å². The van der Waals surface area contributed by atoms with Crippen LogP contribution in [0.2, 0.25) is 0 Å². The van der Waals surface area contributed by atoms with E-state index in [4.69, 9.17) is 0 Å². The lowest BCUT2D eigenvalue weighted by molar-refractivity contribution is -0.115. The average molecular weight is 255 g/mol. The minimum Gasteiger partial charge on any atom is -0.373 e. The van der Waals surface area contributed by atoms with E-state index in [-0.39, 0.29) is 11.3 Å². The van der Waals surface area contributed by atoms with Gasteiger partial charge in [0.2, 0.25) is 5.91 Å². The first kappa shape index (κ1) is 12.0. The Balaban J connectivity index is 1.78. The van der Waals surface area contributed by atoms with Gasteiger partial charge in [-0.1, -0.05) is 6.42 Å². The van der Waals surface area contributed by atoms with E-state index in [1.54, 1.807) is 0 Å². The van der Waals surface area contributed by atoms with E-state index in [0.29, 0.717) is 6.42 Å². The first-order chi connectivity index (χ1) is 9.12. The number of carbonyl (C=O) groups excluding carboxylic acids is 1. The van der Waals surface area contributed by atoms with Gasteiger partial charge in [0.1, 0.15) is 0 Å². The minimum absolute atomic E-state index is 0.0577. The fourth-order valence-electron chi connectivity index (χ4n) is 2.91. The van der Waals surface area contributed by atoms with Gasteiger partial charge in [0.15, 0.2) is 0 Å². The zero-order valence-corrected chi connectivity index (χ0v) is 11.1. The number of rotatable bonds is 3. The molecule has 1 fully saturated rings. The lowest BCUT2D eigenvalue weighted by Crippen LogP contribution is -2.39. The number of nitrogens with one attached hydrogen (secondary N) is 1. The molecule has 1 saturated carbocycles. The minimum atomic E-state index is -0.165. The molecule has 1 aromatic rings. The molecule has 98 valence electrons. The second-order valence-electron chi connectivity index (χ2n) is 5.67. The van der Waals surface area contributed by atoms with Gasteiger partial charge in [-0.2, -0.15) is 5.26 Å². The van der Waals surface area contributed by atoms with E-state index >= 15 is 0 Å². The summed E-state index contributed by atoms with van der Waals surface area (Å²) >= 11 is 0. The molecule has 1 heterocycles. The van der Waals surface area contributed by atoms with Crippen LogP contribution in [0.1, 0.15) is 24.8 Å². The van der Waals surface area contributed by atoms with E-state index in [1.807, 2.05) is 19.2 Å². The fourth-order valence-corrected chi connectivity index (χ4v) is 2.91. The third kappa shape index (κ3) is 2.06. The molecule has 4 nitrogen and oxygen atoms in total. The zero-order valence-electron chi connectivity index (χ0n) is 11.1. The quantitative estimate of drug-likeness (QED) is 0.901. The summed E-state index contributed by atoms with van der Waals surface area (Å²) in [6.07, 6.45) is 3.61. The molecular formula is C15H17N3O. The number of benzene rings is 1. The lowest BCUT2D eigenvalue weighted by Gasteiger charge is -2.39. The van der Waals surface area contributed by atoms with E-state index in [2.05, 4.69) is 22.4 Å². The molecule has 3 rings (SSSR count). The highest BCUT2D eigenvalue weighted by atomic mass is 16.1. The van der Waals surface area contributed by atoms with Crippen LogP contribution in [0.5, 0.6) is 0 Å². The summed E-state index contributed by atoms with van der Waals surface area (Å²) < 4.78 is 0. The molecule has 0 atom stereocenters. The van der Waals surface area contributed by atoms with Crippen LogP contribution in [0.25, 0.3) is 0 Å². The molecule has 0 unspecified atom stereocenters. The monoisotopic (exact) mass is 255 g/mol. The molecule has 0 saturated heterocycles. The largest absolute Gasteiger partial charge is 0.373 e. The molecule has 1 aromatic carbocycles. The van der Waals surface area contributed by atoms with Gasteiger partial charge in [0, 0.05) is 25.0 Å². The smallest absolute Gasteiger partial charge is 0.228 e. The Labute approximate surface area is 113 Å². The Kier molecular flexibility index (Phi) is 2.70. The van der Waals surface area contributed by atoms with Crippen molar-refractivity contribution in [3.63, 3.8) is 0 Å². The molecular weight excluding hydrogens is 238 g/mol. The maximum absolute atomic E-state index is 11.3. The molecule has 0 spiro atoms. The molecule has 2 aliphatic rings. The molecule has 4 heteroatoms. The van der Waals surface area contributed by atoms with Gasteiger partial charge in [-0.15, -0.1) is 0 Å². The summed E-state index contributed by atoms with van der Waals surface area (Å²) in [4.78, 5) is 13.5. The van der Waals surface area contributed by atoms with Crippen LogP contribution in [-0.2, 0) is 11.2 Å². The number of amides is 1. The van der Waals surface area contributed by atoms with Crippen LogP contribution >= 0.6 is 0 Å². The third-order valence-electron chi connectivity index (χ3n) is 4.24. The summed E-state index contributed by atoms with van der Waals surface area (Å²) in [6.45, 7) is 0.768. The molecule has 1 amide bonds. The summed E-state index contributed by atoms with van der Waals surface area (Å²) in [5, 5.41) is 12.1. The first-order valence-corrected chi connectivity index (χ1v) is 6.67. The Hall–Kier alpha value is -2.02. The van der Waals surface area contributed by atoms with Gasteiger partial charge in [-0.25, -0.2) is 0 Å². The van der Waals surface area contributed by atoms with Crippen LogP contribution in [0, 0.1) is 16.7 Å². The van der Waals surface area contributed by atoms with Gasteiger partial charge < -0.3 is 10.2 Å². The van der Waals surface area contributed by atoms with Crippen molar-refractivity contribution >= 4 is 17.3 Å². The second kappa shape index (κ2) is 4.27. The van der Waals surface area contributed by atoms with Crippen molar-refractivity contribution in [3.05, 3.63) is 23.8 Å². The maximum Gasteiger partial charge on any atom is 0.228 e. The topological polar surface area (TPSA) is 56.1 Å². The summed E-state index contributed by atoms with van der Waals surface area (Å²) in [7, 11) is 2.02. The van der Waals surface area contributed by atoms with E-state index in [0.717, 1.165) is 42.7 Å². The number of hydrogen-bond donors (Lipinski definition) is 1. The standard InChI is InChI=1S/C15H17N3O/c1-18(10-15(9-16)5-2-6-15)12-3-4-13-11(7-12)8-14(19)17-13/h3-4,7H,2,5-6,8,10H2,1H3,(H,17,19). The summed E-state index contributed by atoms with van der Waals surface area (Å²) in [5.41, 5.74) is 2.88. The highest BCUT2D eigenvalue weighted by Gasteiger charge is 2.38. The van der Waals surface area contributed by atoms with E-state index in [9.17, 15) is 10.1 Å². The van der Waals surface area contributed by atoms with Crippen molar-refractivity contribution in [2.24, 2.45) is 5.41 Å². The van der Waals surface area contributed by atoms with Crippen molar-refractivity contribution in [1.82, 2.24) is 0 Å². The van der Waals surface area contributed by atoms with Gasteiger partial charge in [0.05, 0.1) is 17.9 Å². The van der Waals surface area contributed by atoms with Gasteiger partial charge >= 0.3 is 0 Å². The molecule has 0 aromatic heterocycles. The van der Waals surface area contributed by atoms with E-state index in [1.165, 1.54) is 0 Å². The van der Waals surface area contributed by atoms with E-state index < -0.39 is 0 Å². The predicted molar refractivity (Wildman–Crippen MR) is 73.9 cm³/mol. The molecule has 0 radical (unpaired) electrons. The SMILES string of the molecule is CN(CC1(C#N)CCC1)c1ccc2c(c1)CC(=O)N2. The van der Waals surface area contributed by atoms with Gasteiger partial charge in [-0.3, -0.25) is 4.79 Å². The number of hydrogen-bond acceptors (Lipinski definition) is 3. The molecule has 1 aliphatic carbocycles. The Bertz CT molecular complexity index is 569. The van der Waals surface area contributed by atoms with Crippen LogP contribution in [-0.4, -0.2) is 19.5 Å². The summed E-state index contributed by atoms with van der Waals surface area (Å²) in [5.74, 6) is 0.0577. The Morgan fingerprint density at radius 2 is 2.26 bits per heavy atom. The molecule has 1 aliphatic heterocycles. The van der Waals surface area contributed by atoms with Crippen molar-refractivity contribution < 1.29 is 4.79 Å². The second-order valence-corrected chi connectivity index (χ2v) is 5.67. The average Bonchev–Trinajstić information content (AvgIpc) is 2.72. The molecule has 19 heavy (non-hydrogen) atoms. The van der Waals surface area contributed by atoms with Gasteiger partial charge in [-0.05, 0) is 36.6 Å². The maximum atomic E-state index is 11.3. The third-order valence-corrected chi connectivity index (χ3v) is 4.24. The fraction of sp³-hybridized carbons (Fsp3) is 0.467. The van der Waals surface area contributed by atoms with Crippen molar-refractivity contribution in [2.45, 2.75) is 25.7 Å². The summed E-state index contributed by atoms with van der Waals surface area (Å²) in [6, 6.07) is 8.48. The number of carbonyl (C=O) groups is 1. The van der Waals surface area contributed by atoms with Crippen molar-refractivity contribution in [3.8, 4) is 6.07 Å². The van der Waals surface area contributed by atoms with Crippen molar-refractivity contribution in [2.75, 3.05) is 23.8 Å². The number of anilines is 2. The number of nitrogens with zero attached hydrogens (tertiary/aromatic N) is 2. The normalized spacial score (nSPS) is 19.1. The van der Waals surface area contributed by atoms with Gasteiger partial charge in [0.25, 0.3) is 0 Å². The first-order valence-electron chi connectivity index (χ1n) is 6.67. The highest BCUT2D eigenvalue weighted by molar-refractivity contribution is 5.99. The van der Waals surface area contributed by atoms with Crippen LogP contribution < -0.4 is 10.2 Å². The zero-order chi connectivity index (χ0) is 13.5. The Morgan fingerprint density at radius 1 is 1.47 bits per heavy atom. The highest BCUT2D eigenvalue weighted by Crippen LogP contribution is 2.41. The Morgan fingerprint density at radius 3 is 2.89 bits per heavy atom. The van der Waals surface area contributed by atoms with Crippen LogP contribution in [0.4, 0.5) is 11.4 Å². The molecule has 1 N–H and O–H groups in total. The number of fused-ring (bicyclic) bond motifs is 1. The predicted octanol–water partition coefficient (Wildman–Crippen LogP) is 2.31. The van der Waals surface area contributed by atoms with Crippen molar-refractivity contribution in [1.29, 1.82) is 5.26 Å². The number of nitriles is 1.